The largest absolute Gasteiger partial charge is 0.324 e. The van der Waals surface area contributed by atoms with Gasteiger partial charge >= 0.3 is 0 Å². The number of nitrogens with zero attached hydrogens (tertiary/aromatic N) is 1. The van der Waals surface area contributed by atoms with E-state index in [9.17, 15) is 0 Å². The van der Waals surface area contributed by atoms with E-state index in [-0.39, 0.29) is 6.04 Å². The summed E-state index contributed by atoms with van der Waals surface area (Å²) in [4.78, 5) is 4.25. The van der Waals surface area contributed by atoms with E-state index in [1.165, 1.54) is 0 Å². The Balaban J connectivity index is 2.20. The van der Waals surface area contributed by atoms with Crippen molar-refractivity contribution in [3.05, 3.63) is 64.4 Å². The second-order valence-corrected chi connectivity index (χ2v) is 4.49. The highest BCUT2D eigenvalue weighted by Crippen LogP contribution is 2.22. The Labute approximate surface area is 106 Å². The van der Waals surface area contributed by atoms with Gasteiger partial charge in [0.1, 0.15) is 0 Å². The molecule has 2 N–H and O–H groups in total. The van der Waals surface area contributed by atoms with Gasteiger partial charge < -0.3 is 5.73 Å². The fourth-order valence-corrected chi connectivity index (χ4v) is 2.11. The molecule has 3 heteroatoms. The summed E-state index contributed by atoms with van der Waals surface area (Å²) in [7, 11) is 0. The van der Waals surface area contributed by atoms with Gasteiger partial charge in [0.05, 0.1) is 0 Å². The van der Waals surface area contributed by atoms with Crippen LogP contribution in [0, 0.1) is 6.92 Å². The maximum absolute atomic E-state index is 6.20. The molecule has 1 heterocycles. The summed E-state index contributed by atoms with van der Waals surface area (Å²) in [6.07, 6.45) is 2.51. The highest BCUT2D eigenvalue weighted by molar-refractivity contribution is 6.31. The first-order valence-electron chi connectivity index (χ1n) is 5.59. The van der Waals surface area contributed by atoms with Crippen molar-refractivity contribution < 1.29 is 0 Å². The summed E-state index contributed by atoms with van der Waals surface area (Å²) >= 11 is 6.12. The number of rotatable bonds is 3. The molecular weight excluding hydrogens is 232 g/mol. The van der Waals surface area contributed by atoms with Crippen LogP contribution in [-0.4, -0.2) is 4.98 Å². The molecule has 1 unspecified atom stereocenters. The smallest absolute Gasteiger partial charge is 0.0438 e. The van der Waals surface area contributed by atoms with Crippen LogP contribution in [0.5, 0.6) is 0 Å². The van der Waals surface area contributed by atoms with E-state index in [0.29, 0.717) is 0 Å². The minimum atomic E-state index is -0.0661. The summed E-state index contributed by atoms with van der Waals surface area (Å²) < 4.78 is 0. The molecule has 1 aromatic carbocycles. The third kappa shape index (κ3) is 2.84. The molecule has 0 saturated heterocycles. The van der Waals surface area contributed by atoms with Gasteiger partial charge in [0, 0.05) is 23.0 Å². The lowest BCUT2D eigenvalue weighted by atomic mass is 9.99. The molecule has 0 aliphatic rings. The molecule has 0 amide bonds. The van der Waals surface area contributed by atoms with Crippen LogP contribution in [0.4, 0.5) is 0 Å². The maximum atomic E-state index is 6.20. The van der Waals surface area contributed by atoms with Crippen molar-refractivity contribution in [1.82, 2.24) is 4.98 Å². The predicted octanol–water partition coefficient (Wildman–Crippen LogP) is 3.29. The van der Waals surface area contributed by atoms with Crippen LogP contribution in [0.2, 0.25) is 5.02 Å². The minimum absolute atomic E-state index is 0.0661. The Bertz CT molecular complexity index is 511. The molecule has 0 fully saturated rings. The molecule has 0 radical (unpaired) electrons. The Morgan fingerprint density at radius 2 is 2.00 bits per heavy atom. The van der Waals surface area contributed by atoms with Gasteiger partial charge in [-0.25, -0.2) is 0 Å². The fourth-order valence-electron chi connectivity index (χ4n) is 1.90. The highest BCUT2D eigenvalue weighted by Gasteiger charge is 2.11. The van der Waals surface area contributed by atoms with E-state index in [4.69, 9.17) is 17.3 Å². The summed E-state index contributed by atoms with van der Waals surface area (Å²) in [5.74, 6) is 0. The molecule has 17 heavy (non-hydrogen) atoms. The lowest BCUT2D eigenvalue weighted by Gasteiger charge is -2.14. The Morgan fingerprint density at radius 3 is 2.71 bits per heavy atom. The summed E-state index contributed by atoms with van der Waals surface area (Å²) in [6, 6.07) is 11.7. The molecule has 88 valence electrons. The van der Waals surface area contributed by atoms with E-state index < -0.39 is 0 Å². The zero-order chi connectivity index (χ0) is 12.3. The van der Waals surface area contributed by atoms with E-state index in [2.05, 4.69) is 4.98 Å². The van der Waals surface area contributed by atoms with Crippen LogP contribution in [0.25, 0.3) is 0 Å². The van der Waals surface area contributed by atoms with Crippen LogP contribution in [0.15, 0.2) is 42.6 Å². The van der Waals surface area contributed by atoms with Crippen LogP contribution in [0.1, 0.15) is 22.9 Å². The molecule has 0 aliphatic heterocycles. The van der Waals surface area contributed by atoms with Crippen LogP contribution >= 0.6 is 11.6 Å². The fraction of sp³-hybridized carbons (Fsp3) is 0.214. The van der Waals surface area contributed by atoms with E-state index in [1.54, 1.807) is 6.20 Å². The number of benzene rings is 1. The second kappa shape index (κ2) is 5.30. The Hall–Kier alpha value is -1.38. The molecule has 1 aromatic heterocycles. The monoisotopic (exact) mass is 246 g/mol. The van der Waals surface area contributed by atoms with Crippen molar-refractivity contribution in [3.63, 3.8) is 0 Å². The van der Waals surface area contributed by atoms with Crippen molar-refractivity contribution >= 4 is 11.6 Å². The van der Waals surface area contributed by atoms with E-state index >= 15 is 0 Å². The van der Waals surface area contributed by atoms with Gasteiger partial charge in [0.25, 0.3) is 0 Å². The van der Waals surface area contributed by atoms with E-state index in [1.807, 2.05) is 43.3 Å². The third-order valence-electron chi connectivity index (χ3n) is 2.84. The van der Waals surface area contributed by atoms with Crippen molar-refractivity contribution in [2.75, 3.05) is 0 Å². The molecule has 0 bridgehead atoms. The number of pyridine rings is 1. The summed E-state index contributed by atoms with van der Waals surface area (Å²) in [5.41, 5.74) is 9.33. The van der Waals surface area contributed by atoms with Gasteiger partial charge in [-0.15, -0.1) is 0 Å². The van der Waals surface area contributed by atoms with Crippen LogP contribution < -0.4 is 5.73 Å². The van der Waals surface area contributed by atoms with Crippen molar-refractivity contribution in [2.45, 2.75) is 19.4 Å². The molecule has 2 rings (SSSR count). The maximum Gasteiger partial charge on any atom is 0.0438 e. The first-order chi connectivity index (χ1) is 8.18. The van der Waals surface area contributed by atoms with Gasteiger partial charge in [0.15, 0.2) is 0 Å². The SMILES string of the molecule is Cc1ncccc1C(N)Cc1ccccc1Cl. The van der Waals surface area contributed by atoms with Crippen molar-refractivity contribution in [3.8, 4) is 0 Å². The first kappa shape index (κ1) is 12.1. The third-order valence-corrected chi connectivity index (χ3v) is 3.21. The van der Waals surface area contributed by atoms with E-state index in [0.717, 1.165) is 28.3 Å². The molecule has 1 atom stereocenters. The summed E-state index contributed by atoms with van der Waals surface area (Å²) in [5, 5.41) is 0.768. The number of aryl methyl sites for hydroxylation is 1. The zero-order valence-electron chi connectivity index (χ0n) is 9.73. The van der Waals surface area contributed by atoms with Crippen LogP contribution in [-0.2, 0) is 6.42 Å². The highest BCUT2D eigenvalue weighted by atomic mass is 35.5. The normalized spacial score (nSPS) is 12.4. The molecule has 0 spiro atoms. The van der Waals surface area contributed by atoms with Gasteiger partial charge in [-0.05, 0) is 36.6 Å². The number of aromatic nitrogens is 1. The van der Waals surface area contributed by atoms with Crippen LogP contribution in [0.3, 0.4) is 0 Å². The number of nitrogens with two attached hydrogens (primary N) is 1. The average molecular weight is 247 g/mol. The molecule has 2 aromatic rings. The van der Waals surface area contributed by atoms with Crippen molar-refractivity contribution in [1.29, 1.82) is 0 Å². The minimum Gasteiger partial charge on any atom is -0.324 e. The lowest BCUT2D eigenvalue weighted by Crippen LogP contribution is -2.15. The number of hydrogen-bond acceptors (Lipinski definition) is 2. The average Bonchev–Trinajstić information content (AvgIpc) is 2.32. The Morgan fingerprint density at radius 1 is 1.24 bits per heavy atom. The molecular formula is C14H15ClN2. The summed E-state index contributed by atoms with van der Waals surface area (Å²) in [6.45, 7) is 1.97. The second-order valence-electron chi connectivity index (χ2n) is 4.08. The number of hydrogen-bond donors (Lipinski definition) is 1. The number of halogens is 1. The Kier molecular flexibility index (Phi) is 3.77. The first-order valence-corrected chi connectivity index (χ1v) is 5.97. The van der Waals surface area contributed by atoms with Gasteiger partial charge in [-0.2, -0.15) is 0 Å². The predicted molar refractivity (Wildman–Crippen MR) is 71.1 cm³/mol. The topological polar surface area (TPSA) is 38.9 Å². The van der Waals surface area contributed by atoms with Crippen molar-refractivity contribution in [2.24, 2.45) is 5.73 Å². The standard InChI is InChI=1S/C14H15ClN2/c1-10-12(6-4-8-17-10)14(16)9-11-5-2-3-7-13(11)15/h2-8,14H,9,16H2,1H3. The van der Waals surface area contributed by atoms with Gasteiger partial charge in [0.2, 0.25) is 0 Å². The molecule has 0 saturated carbocycles. The quantitative estimate of drug-likeness (QED) is 0.903. The lowest BCUT2D eigenvalue weighted by molar-refractivity contribution is 0.711. The zero-order valence-corrected chi connectivity index (χ0v) is 10.5. The van der Waals surface area contributed by atoms with Gasteiger partial charge in [-0.1, -0.05) is 35.9 Å². The van der Waals surface area contributed by atoms with Gasteiger partial charge in [-0.3, -0.25) is 4.98 Å². The molecule has 0 aliphatic carbocycles. The molecule has 2 nitrogen and oxygen atoms in total.